The van der Waals surface area contributed by atoms with E-state index < -0.39 is 23.0 Å². The molecule has 1 aliphatic heterocycles. The number of amides is 1. The standard InChI is InChI=1S/C14H20F3N5O3/c1-9(2)21-12(11(8-18-21)22(24)25)20-6-3-4-10(5-7-20)19-13(23)14(15,16)17/h8-10H,3-7H2,1-2H3,(H,19,23). The maximum atomic E-state index is 12.4. The molecule has 1 amide bonds. The summed E-state index contributed by atoms with van der Waals surface area (Å²) in [7, 11) is 0. The Kier molecular flexibility index (Phi) is 5.53. The number of nitro groups is 1. The molecule has 0 aromatic carbocycles. The van der Waals surface area contributed by atoms with Crippen molar-refractivity contribution in [1.29, 1.82) is 0 Å². The van der Waals surface area contributed by atoms with Crippen LogP contribution in [0.5, 0.6) is 0 Å². The molecule has 2 rings (SSSR count). The van der Waals surface area contributed by atoms with Crippen LogP contribution in [0.3, 0.4) is 0 Å². The van der Waals surface area contributed by atoms with E-state index in [1.807, 2.05) is 19.2 Å². The molecule has 0 spiro atoms. The third-order valence-electron chi connectivity index (χ3n) is 4.06. The van der Waals surface area contributed by atoms with Crippen molar-refractivity contribution >= 4 is 17.4 Å². The number of aromatic nitrogens is 2. The molecule has 0 aliphatic carbocycles. The van der Waals surface area contributed by atoms with Gasteiger partial charge in [0.25, 0.3) is 0 Å². The van der Waals surface area contributed by atoms with Gasteiger partial charge in [-0.3, -0.25) is 14.9 Å². The van der Waals surface area contributed by atoms with Crippen molar-refractivity contribution in [3.05, 3.63) is 16.3 Å². The van der Waals surface area contributed by atoms with Gasteiger partial charge in [-0.1, -0.05) is 0 Å². The Labute approximate surface area is 142 Å². The van der Waals surface area contributed by atoms with Gasteiger partial charge in [0, 0.05) is 25.2 Å². The van der Waals surface area contributed by atoms with Crippen molar-refractivity contribution in [2.45, 2.75) is 51.4 Å². The number of nitrogens with zero attached hydrogens (tertiary/aromatic N) is 4. The zero-order valence-corrected chi connectivity index (χ0v) is 13.9. The summed E-state index contributed by atoms with van der Waals surface area (Å²) in [5, 5.41) is 17.3. The van der Waals surface area contributed by atoms with Crippen molar-refractivity contribution in [1.82, 2.24) is 15.1 Å². The first-order chi connectivity index (χ1) is 11.6. The van der Waals surface area contributed by atoms with Crippen LogP contribution in [0.25, 0.3) is 0 Å². The van der Waals surface area contributed by atoms with Crippen molar-refractivity contribution in [2.24, 2.45) is 0 Å². The number of carbonyl (C=O) groups excluding carboxylic acids is 1. The van der Waals surface area contributed by atoms with Crippen LogP contribution in [0.2, 0.25) is 0 Å². The van der Waals surface area contributed by atoms with Crippen LogP contribution in [0, 0.1) is 10.1 Å². The van der Waals surface area contributed by atoms with Gasteiger partial charge < -0.3 is 10.2 Å². The molecule has 1 aliphatic rings. The summed E-state index contributed by atoms with van der Waals surface area (Å²) in [6, 6.07) is -0.721. The van der Waals surface area contributed by atoms with Gasteiger partial charge in [0.1, 0.15) is 6.20 Å². The highest BCUT2D eigenvalue weighted by Crippen LogP contribution is 2.32. The van der Waals surface area contributed by atoms with Crippen molar-refractivity contribution in [2.75, 3.05) is 18.0 Å². The van der Waals surface area contributed by atoms with Gasteiger partial charge >= 0.3 is 17.8 Å². The predicted molar refractivity (Wildman–Crippen MR) is 83.3 cm³/mol. The molecule has 2 heterocycles. The lowest BCUT2D eigenvalue weighted by molar-refractivity contribution is -0.384. The molecule has 11 heteroatoms. The normalized spacial score (nSPS) is 19.0. The van der Waals surface area contributed by atoms with E-state index >= 15 is 0 Å². The van der Waals surface area contributed by atoms with Gasteiger partial charge in [0.05, 0.1) is 4.92 Å². The fourth-order valence-corrected chi connectivity index (χ4v) is 2.88. The number of hydrogen-bond donors (Lipinski definition) is 1. The van der Waals surface area contributed by atoms with Crippen LogP contribution in [-0.4, -0.2) is 45.9 Å². The minimum Gasteiger partial charge on any atom is -0.351 e. The van der Waals surface area contributed by atoms with E-state index in [9.17, 15) is 28.1 Å². The number of hydrogen-bond acceptors (Lipinski definition) is 5. The SMILES string of the molecule is CC(C)n1ncc([N+](=O)[O-])c1N1CCCC(NC(=O)C(F)(F)F)CC1. The number of carbonyl (C=O) groups is 1. The third kappa shape index (κ3) is 4.40. The zero-order chi connectivity index (χ0) is 18.8. The van der Waals surface area contributed by atoms with E-state index in [-0.39, 0.29) is 18.2 Å². The Balaban J connectivity index is 2.15. The topological polar surface area (TPSA) is 93.3 Å². The smallest absolute Gasteiger partial charge is 0.351 e. The molecule has 1 atom stereocenters. The summed E-state index contributed by atoms with van der Waals surface area (Å²) in [5.41, 5.74) is -0.133. The zero-order valence-electron chi connectivity index (χ0n) is 13.9. The first kappa shape index (κ1) is 19.0. The average molecular weight is 363 g/mol. The Morgan fingerprint density at radius 3 is 2.64 bits per heavy atom. The molecule has 1 aromatic heterocycles. The maximum Gasteiger partial charge on any atom is 0.471 e. The Morgan fingerprint density at radius 1 is 1.40 bits per heavy atom. The monoisotopic (exact) mass is 363 g/mol. The summed E-state index contributed by atoms with van der Waals surface area (Å²) >= 11 is 0. The van der Waals surface area contributed by atoms with Gasteiger partial charge in [-0.2, -0.15) is 18.3 Å². The molecular formula is C14H20F3N5O3. The average Bonchev–Trinajstić information content (AvgIpc) is 2.82. The van der Waals surface area contributed by atoms with E-state index in [4.69, 9.17) is 0 Å². The Morgan fingerprint density at radius 2 is 2.08 bits per heavy atom. The van der Waals surface area contributed by atoms with Crippen molar-refractivity contribution < 1.29 is 22.9 Å². The van der Waals surface area contributed by atoms with E-state index in [0.29, 0.717) is 31.7 Å². The molecule has 0 radical (unpaired) electrons. The predicted octanol–water partition coefficient (Wildman–Crippen LogP) is 2.41. The second-order valence-electron chi connectivity index (χ2n) is 6.23. The second-order valence-corrected chi connectivity index (χ2v) is 6.23. The van der Waals surface area contributed by atoms with Crippen molar-refractivity contribution in [3.8, 4) is 0 Å². The molecule has 8 nitrogen and oxygen atoms in total. The Hall–Kier alpha value is -2.33. The highest BCUT2D eigenvalue weighted by Gasteiger charge is 2.40. The minimum absolute atomic E-state index is 0.104. The van der Waals surface area contributed by atoms with Gasteiger partial charge in [0.15, 0.2) is 0 Å². The first-order valence-corrected chi connectivity index (χ1v) is 7.95. The summed E-state index contributed by atoms with van der Waals surface area (Å²) in [5.74, 6) is -1.60. The maximum absolute atomic E-state index is 12.4. The van der Waals surface area contributed by atoms with Crippen LogP contribution in [0.4, 0.5) is 24.7 Å². The molecule has 25 heavy (non-hydrogen) atoms. The number of halogens is 3. The fourth-order valence-electron chi connectivity index (χ4n) is 2.88. The third-order valence-corrected chi connectivity index (χ3v) is 4.06. The number of nitrogens with one attached hydrogen (secondary N) is 1. The van der Waals surface area contributed by atoms with Gasteiger partial charge in [-0.25, -0.2) is 4.68 Å². The van der Waals surface area contributed by atoms with E-state index in [0.717, 1.165) is 0 Å². The van der Waals surface area contributed by atoms with Crippen LogP contribution >= 0.6 is 0 Å². The summed E-state index contributed by atoms with van der Waals surface area (Å²) in [4.78, 5) is 23.6. The molecule has 1 unspecified atom stereocenters. The Bertz CT molecular complexity index is 644. The fraction of sp³-hybridized carbons (Fsp3) is 0.714. The molecular weight excluding hydrogens is 343 g/mol. The van der Waals surface area contributed by atoms with Crippen LogP contribution in [0.15, 0.2) is 6.20 Å². The quantitative estimate of drug-likeness (QED) is 0.655. The number of anilines is 1. The largest absolute Gasteiger partial charge is 0.471 e. The summed E-state index contributed by atoms with van der Waals surface area (Å²) in [6.45, 7) is 4.41. The lowest BCUT2D eigenvalue weighted by Gasteiger charge is -2.24. The van der Waals surface area contributed by atoms with E-state index in [1.165, 1.54) is 10.9 Å². The van der Waals surface area contributed by atoms with Gasteiger partial charge in [-0.15, -0.1) is 0 Å². The highest BCUT2D eigenvalue weighted by molar-refractivity contribution is 5.81. The molecule has 1 fully saturated rings. The lowest BCUT2D eigenvalue weighted by Crippen LogP contribution is -2.43. The van der Waals surface area contributed by atoms with Crippen molar-refractivity contribution in [3.63, 3.8) is 0 Å². The first-order valence-electron chi connectivity index (χ1n) is 7.95. The van der Waals surface area contributed by atoms with E-state index in [2.05, 4.69) is 5.10 Å². The lowest BCUT2D eigenvalue weighted by atomic mass is 10.1. The molecule has 0 bridgehead atoms. The van der Waals surface area contributed by atoms with Crippen LogP contribution < -0.4 is 10.2 Å². The van der Waals surface area contributed by atoms with Crippen LogP contribution in [0.1, 0.15) is 39.2 Å². The summed E-state index contributed by atoms with van der Waals surface area (Å²) in [6.07, 6.45) is -2.59. The van der Waals surface area contributed by atoms with Crippen LogP contribution in [-0.2, 0) is 4.79 Å². The number of rotatable bonds is 4. The molecule has 1 N–H and O–H groups in total. The van der Waals surface area contributed by atoms with E-state index in [1.54, 1.807) is 4.90 Å². The van der Waals surface area contributed by atoms with Gasteiger partial charge in [0.2, 0.25) is 5.82 Å². The molecule has 140 valence electrons. The second kappa shape index (κ2) is 7.28. The molecule has 0 saturated carbocycles. The minimum atomic E-state index is -4.92. The highest BCUT2D eigenvalue weighted by atomic mass is 19.4. The summed E-state index contributed by atoms with van der Waals surface area (Å²) < 4.78 is 38.7. The number of alkyl halides is 3. The molecule has 1 saturated heterocycles. The molecule has 1 aromatic rings. The van der Waals surface area contributed by atoms with Gasteiger partial charge in [-0.05, 0) is 33.1 Å².